The molecule has 0 saturated carbocycles. The van der Waals surface area contributed by atoms with Crippen molar-refractivity contribution in [3.8, 4) is 0 Å². The molecule has 1 amide bonds. The van der Waals surface area contributed by atoms with Gasteiger partial charge >= 0.3 is 0 Å². The number of non-ortho nitro benzene ring substituents is 1. The van der Waals surface area contributed by atoms with E-state index < -0.39 is 4.92 Å². The second-order valence-corrected chi connectivity index (χ2v) is 5.23. The fourth-order valence-electron chi connectivity index (χ4n) is 2.55. The predicted octanol–water partition coefficient (Wildman–Crippen LogP) is 2.94. The van der Waals surface area contributed by atoms with Crippen molar-refractivity contribution in [3.05, 3.63) is 64.2 Å². The molecule has 0 spiro atoms. The Morgan fingerprint density at radius 1 is 1.18 bits per heavy atom. The van der Waals surface area contributed by atoms with Gasteiger partial charge in [0.15, 0.2) is 0 Å². The first kappa shape index (κ1) is 14.1. The Bertz CT molecular complexity index is 728. The number of fused-ring (bicyclic) bond motifs is 1. The molecular weight excluding hydrogens is 282 g/mol. The number of rotatable bonds is 3. The van der Waals surface area contributed by atoms with Crippen LogP contribution < -0.4 is 10.2 Å². The number of hydrogen-bond donors (Lipinski definition) is 1. The van der Waals surface area contributed by atoms with Crippen LogP contribution in [-0.2, 0) is 11.3 Å². The Hall–Kier alpha value is -2.89. The van der Waals surface area contributed by atoms with Crippen molar-refractivity contribution in [2.45, 2.75) is 19.5 Å². The average Bonchev–Trinajstić information content (AvgIpc) is 2.52. The largest absolute Gasteiger partial charge is 0.372 e. The fourth-order valence-corrected chi connectivity index (χ4v) is 2.55. The van der Waals surface area contributed by atoms with E-state index in [1.54, 1.807) is 17.0 Å². The molecule has 1 aliphatic heterocycles. The zero-order valence-corrected chi connectivity index (χ0v) is 12.0. The van der Waals surface area contributed by atoms with Gasteiger partial charge in [0, 0.05) is 12.1 Å². The van der Waals surface area contributed by atoms with Crippen LogP contribution in [0.15, 0.2) is 48.5 Å². The summed E-state index contributed by atoms with van der Waals surface area (Å²) in [7, 11) is 0. The lowest BCUT2D eigenvalue weighted by Gasteiger charge is -2.34. The molecule has 1 aliphatic rings. The van der Waals surface area contributed by atoms with E-state index in [4.69, 9.17) is 0 Å². The standard InChI is InChI=1S/C16H15N3O3/c1-11-16(20)18(15-5-3-2-4-14(15)17-11)10-12-6-8-13(9-7-12)19(21)22/h2-9,11,17H,10H2,1H3. The summed E-state index contributed by atoms with van der Waals surface area (Å²) < 4.78 is 0. The minimum atomic E-state index is -0.433. The minimum Gasteiger partial charge on any atom is -0.372 e. The molecule has 1 atom stereocenters. The number of nitro groups is 1. The second-order valence-electron chi connectivity index (χ2n) is 5.23. The van der Waals surface area contributed by atoms with Gasteiger partial charge in [-0.25, -0.2) is 0 Å². The van der Waals surface area contributed by atoms with E-state index in [-0.39, 0.29) is 17.6 Å². The number of carbonyl (C=O) groups excluding carboxylic acids is 1. The number of nitro benzene ring substituents is 1. The van der Waals surface area contributed by atoms with Gasteiger partial charge in [0.25, 0.3) is 5.69 Å². The summed E-state index contributed by atoms with van der Waals surface area (Å²) in [6.45, 7) is 2.21. The van der Waals surface area contributed by atoms with Crippen LogP contribution in [0.2, 0.25) is 0 Å². The topological polar surface area (TPSA) is 75.5 Å². The molecule has 1 N–H and O–H groups in total. The van der Waals surface area contributed by atoms with Crippen molar-refractivity contribution < 1.29 is 9.72 Å². The van der Waals surface area contributed by atoms with Gasteiger partial charge in [-0.3, -0.25) is 14.9 Å². The summed E-state index contributed by atoms with van der Waals surface area (Å²) in [6, 6.07) is 13.6. The number of anilines is 2. The van der Waals surface area contributed by atoms with Crippen molar-refractivity contribution in [2.75, 3.05) is 10.2 Å². The first-order chi connectivity index (χ1) is 10.6. The minimum absolute atomic E-state index is 0.0166. The lowest BCUT2D eigenvalue weighted by atomic mass is 10.1. The van der Waals surface area contributed by atoms with Crippen molar-refractivity contribution in [3.63, 3.8) is 0 Å². The number of carbonyl (C=O) groups is 1. The molecule has 0 radical (unpaired) electrons. The van der Waals surface area contributed by atoms with Gasteiger partial charge in [-0.2, -0.15) is 0 Å². The highest BCUT2D eigenvalue weighted by molar-refractivity contribution is 6.04. The van der Waals surface area contributed by atoms with E-state index in [1.807, 2.05) is 31.2 Å². The molecule has 112 valence electrons. The molecule has 1 heterocycles. The van der Waals surface area contributed by atoms with Gasteiger partial charge in [-0.05, 0) is 24.6 Å². The lowest BCUT2D eigenvalue weighted by molar-refractivity contribution is -0.384. The van der Waals surface area contributed by atoms with Crippen molar-refractivity contribution in [1.29, 1.82) is 0 Å². The molecule has 22 heavy (non-hydrogen) atoms. The van der Waals surface area contributed by atoms with Crippen LogP contribution in [0.4, 0.5) is 17.1 Å². The molecular formula is C16H15N3O3. The maximum atomic E-state index is 12.4. The van der Waals surface area contributed by atoms with Crippen LogP contribution in [0.5, 0.6) is 0 Å². The quantitative estimate of drug-likeness (QED) is 0.698. The molecule has 2 aromatic carbocycles. The van der Waals surface area contributed by atoms with Gasteiger partial charge in [-0.15, -0.1) is 0 Å². The Labute approximate surface area is 127 Å². The van der Waals surface area contributed by atoms with Crippen LogP contribution in [0.3, 0.4) is 0 Å². The highest BCUT2D eigenvalue weighted by Crippen LogP contribution is 2.32. The number of amides is 1. The summed E-state index contributed by atoms with van der Waals surface area (Å²) in [6.07, 6.45) is 0. The van der Waals surface area contributed by atoms with Gasteiger partial charge in [0.2, 0.25) is 5.91 Å². The van der Waals surface area contributed by atoms with Gasteiger partial charge < -0.3 is 10.2 Å². The van der Waals surface area contributed by atoms with Crippen LogP contribution in [0.25, 0.3) is 0 Å². The molecule has 2 aromatic rings. The SMILES string of the molecule is CC1Nc2ccccc2N(Cc2ccc([N+](=O)[O-])cc2)C1=O. The van der Waals surface area contributed by atoms with Crippen molar-refractivity contribution in [2.24, 2.45) is 0 Å². The number of hydrogen-bond acceptors (Lipinski definition) is 4. The second kappa shape index (κ2) is 5.48. The third kappa shape index (κ3) is 2.50. The number of benzene rings is 2. The van der Waals surface area contributed by atoms with E-state index in [0.29, 0.717) is 6.54 Å². The van der Waals surface area contributed by atoms with Gasteiger partial charge in [0.05, 0.1) is 22.8 Å². The normalized spacial score (nSPS) is 16.9. The third-order valence-corrected chi connectivity index (χ3v) is 3.69. The van der Waals surface area contributed by atoms with E-state index in [2.05, 4.69) is 5.32 Å². The summed E-state index contributed by atoms with van der Waals surface area (Å²) in [5.41, 5.74) is 2.63. The zero-order valence-electron chi connectivity index (χ0n) is 12.0. The predicted molar refractivity (Wildman–Crippen MR) is 83.8 cm³/mol. The van der Waals surface area contributed by atoms with Crippen molar-refractivity contribution in [1.82, 2.24) is 0 Å². The summed E-state index contributed by atoms with van der Waals surface area (Å²) >= 11 is 0. The molecule has 6 heteroatoms. The molecule has 0 aromatic heterocycles. The average molecular weight is 297 g/mol. The monoisotopic (exact) mass is 297 g/mol. The van der Waals surface area contributed by atoms with Crippen LogP contribution >= 0.6 is 0 Å². The molecule has 0 saturated heterocycles. The van der Waals surface area contributed by atoms with Crippen LogP contribution in [0, 0.1) is 10.1 Å². The lowest BCUT2D eigenvalue weighted by Crippen LogP contribution is -2.45. The summed E-state index contributed by atoms with van der Waals surface area (Å²) in [4.78, 5) is 24.4. The molecule has 6 nitrogen and oxygen atoms in total. The Morgan fingerprint density at radius 3 is 2.55 bits per heavy atom. The number of nitrogens with one attached hydrogen (secondary N) is 1. The molecule has 0 fully saturated rings. The first-order valence-electron chi connectivity index (χ1n) is 6.96. The number of nitrogens with zero attached hydrogens (tertiary/aromatic N) is 2. The van der Waals surface area contributed by atoms with Crippen molar-refractivity contribution >= 4 is 23.0 Å². The molecule has 0 bridgehead atoms. The smallest absolute Gasteiger partial charge is 0.269 e. The van der Waals surface area contributed by atoms with E-state index in [1.165, 1.54) is 12.1 Å². The van der Waals surface area contributed by atoms with E-state index in [9.17, 15) is 14.9 Å². The summed E-state index contributed by atoms with van der Waals surface area (Å²) in [5, 5.41) is 13.9. The fraction of sp³-hybridized carbons (Fsp3) is 0.188. The van der Waals surface area contributed by atoms with Gasteiger partial charge in [-0.1, -0.05) is 24.3 Å². The zero-order chi connectivity index (χ0) is 15.7. The van der Waals surface area contributed by atoms with E-state index >= 15 is 0 Å². The Morgan fingerprint density at radius 2 is 1.86 bits per heavy atom. The molecule has 1 unspecified atom stereocenters. The number of para-hydroxylation sites is 2. The Kier molecular flexibility index (Phi) is 3.50. The highest BCUT2D eigenvalue weighted by Gasteiger charge is 2.29. The van der Waals surface area contributed by atoms with E-state index in [0.717, 1.165) is 16.9 Å². The maximum absolute atomic E-state index is 12.4. The molecule has 0 aliphatic carbocycles. The highest BCUT2D eigenvalue weighted by atomic mass is 16.6. The van der Waals surface area contributed by atoms with Crippen LogP contribution in [0.1, 0.15) is 12.5 Å². The Balaban J connectivity index is 1.90. The summed E-state index contributed by atoms with van der Waals surface area (Å²) in [5.74, 6) is -0.0166. The first-order valence-corrected chi connectivity index (χ1v) is 6.96. The van der Waals surface area contributed by atoms with Crippen LogP contribution in [-0.4, -0.2) is 16.9 Å². The third-order valence-electron chi connectivity index (χ3n) is 3.69. The molecule has 3 rings (SSSR count). The maximum Gasteiger partial charge on any atom is 0.269 e. The van der Waals surface area contributed by atoms with Gasteiger partial charge in [0.1, 0.15) is 6.04 Å².